The van der Waals surface area contributed by atoms with Crippen LogP contribution in [0, 0.1) is 6.92 Å². The van der Waals surface area contributed by atoms with Crippen molar-refractivity contribution in [2.45, 2.75) is 32.7 Å². The summed E-state index contributed by atoms with van der Waals surface area (Å²) in [5.41, 5.74) is 1.14. The van der Waals surface area contributed by atoms with E-state index in [0.717, 1.165) is 24.5 Å². The van der Waals surface area contributed by atoms with E-state index in [1.807, 2.05) is 13.1 Å². The van der Waals surface area contributed by atoms with Gasteiger partial charge >= 0.3 is 0 Å². The van der Waals surface area contributed by atoms with E-state index in [0.29, 0.717) is 13.1 Å². The molecule has 2 heterocycles. The molecule has 1 fully saturated rings. The lowest BCUT2D eigenvalue weighted by Gasteiger charge is -2.39. The molecule has 0 amide bonds. The summed E-state index contributed by atoms with van der Waals surface area (Å²) < 4.78 is 28.8. The molecule has 1 aromatic heterocycles. The summed E-state index contributed by atoms with van der Waals surface area (Å²) in [6, 6.07) is 0. The molecule has 0 bridgehead atoms. The Bertz CT molecular complexity index is 544. The molecule has 0 spiro atoms. The number of rotatable bonds is 5. The molecule has 1 aliphatic heterocycles. The molecule has 7 heteroatoms. The lowest BCUT2D eigenvalue weighted by molar-refractivity contribution is 0.237. The summed E-state index contributed by atoms with van der Waals surface area (Å²) in [5, 5.41) is 0. The zero-order valence-electron chi connectivity index (χ0n) is 12.0. The van der Waals surface area contributed by atoms with Crippen LogP contribution >= 0.6 is 0 Å². The SMILES string of the molecule is CCCn1c(C)cnc1C1CN(S(=O)(=O)N(C)C)C1. The molecule has 2 rings (SSSR count). The summed E-state index contributed by atoms with van der Waals surface area (Å²) in [4.78, 5) is 4.45. The Morgan fingerprint density at radius 1 is 1.42 bits per heavy atom. The van der Waals surface area contributed by atoms with Gasteiger partial charge in [-0.05, 0) is 13.3 Å². The molecule has 1 aromatic rings. The molecule has 0 atom stereocenters. The highest BCUT2D eigenvalue weighted by atomic mass is 32.2. The molecule has 0 radical (unpaired) electrons. The second-order valence-corrected chi connectivity index (χ2v) is 7.36. The van der Waals surface area contributed by atoms with Gasteiger partial charge in [0.15, 0.2) is 0 Å². The quantitative estimate of drug-likeness (QED) is 0.805. The molecule has 1 aliphatic rings. The summed E-state index contributed by atoms with van der Waals surface area (Å²) in [6.07, 6.45) is 2.92. The van der Waals surface area contributed by atoms with Crippen LogP contribution in [0.15, 0.2) is 6.20 Å². The third-order valence-corrected chi connectivity index (χ3v) is 5.41. The van der Waals surface area contributed by atoms with Crippen molar-refractivity contribution in [2.75, 3.05) is 27.2 Å². The summed E-state index contributed by atoms with van der Waals surface area (Å²) in [5.74, 6) is 1.24. The highest BCUT2D eigenvalue weighted by Gasteiger charge is 2.39. The van der Waals surface area contributed by atoms with Gasteiger partial charge in [-0.1, -0.05) is 6.92 Å². The van der Waals surface area contributed by atoms with Crippen LogP contribution in [0.2, 0.25) is 0 Å². The Morgan fingerprint density at radius 3 is 2.58 bits per heavy atom. The summed E-state index contributed by atoms with van der Waals surface area (Å²) in [6.45, 7) is 6.17. The van der Waals surface area contributed by atoms with E-state index in [2.05, 4.69) is 16.5 Å². The first-order valence-electron chi connectivity index (χ1n) is 6.57. The minimum atomic E-state index is -3.27. The van der Waals surface area contributed by atoms with Gasteiger partial charge in [0, 0.05) is 51.5 Å². The Hall–Kier alpha value is -0.920. The van der Waals surface area contributed by atoms with E-state index in [9.17, 15) is 8.42 Å². The molecule has 108 valence electrons. The van der Waals surface area contributed by atoms with Crippen LogP contribution in [-0.2, 0) is 16.8 Å². The van der Waals surface area contributed by atoms with Crippen molar-refractivity contribution in [1.82, 2.24) is 18.2 Å². The van der Waals surface area contributed by atoms with Crippen LogP contribution < -0.4 is 0 Å². The number of imidazole rings is 1. The fourth-order valence-corrected chi connectivity index (χ4v) is 3.54. The molecule has 0 aliphatic carbocycles. The average Bonchev–Trinajstić information content (AvgIpc) is 2.60. The van der Waals surface area contributed by atoms with Gasteiger partial charge in [-0.3, -0.25) is 0 Å². The molecule has 0 saturated carbocycles. The number of hydrogen-bond acceptors (Lipinski definition) is 3. The van der Waals surface area contributed by atoms with Crippen LogP contribution in [0.1, 0.15) is 30.8 Å². The molecule has 0 aromatic carbocycles. The fourth-order valence-electron chi connectivity index (χ4n) is 2.34. The number of nitrogens with zero attached hydrogens (tertiary/aromatic N) is 4. The third-order valence-electron chi connectivity index (χ3n) is 3.53. The Kier molecular flexibility index (Phi) is 3.98. The Labute approximate surface area is 115 Å². The van der Waals surface area contributed by atoms with Gasteiger partial charge < -0.3 is 4.57 Å². The molecule has 6 nitrogen and oxygen atoms in total. The van der Waals surface area contributed by atoms with Gasteiger partial charge in [-0.2, -0.15) is 17.0 Å². The predicted octanol–water partition coefficient (Wildman–Crippen LogP) is 0.807. The van der Waals surface area contributed by atoms with Crippen LogP contribution in [0.3, 0.4) is 0 Å². The van der Waals surface area contributed by atoms with Gasteiger partial charge in [-0.15, -0.1) is 0 Å². The Morgan fingerprint density at radius 2 is 2.05 bits per heavy atom. The second-order valence-electron chi connectivity index (χ2n) is 5.21. The van der Waals surface area contributed by atoms with Crippen LogP contribution in [0.25, 0.3) is 0 Å². The molecular formula is C12H22N4O2S. The number of aryl methyl sites for hydroxylation is 1. The smallest absolute Gasteiger partial charge is 0.281 e. The minimum absolute atomic E-state index is 0.218. The van der Waals surface area contributed by atoms with Crippen molar-refractivity contribution in [3.8, 4) is 0 Å². The van der Waals surface area contributed by atoms with Gasteiger partial charge in [-0.25, -0.2) is 4.98 Å². The first-order chi connectivity index (χ1) is 8.87. The highest BCUT2D eigenvalue weighted by Crippen LogP contribution is 2.29. The average molecular weight is 286 g/mol. The molecule has 19 heavy (non-hydrogen) atoms. The van der Waals surface area contributed by atoms with Gasteiger partial charge in [0.1, 0.15) is 5.82 Å². The van der Waals surface area contributed by atoms with E-state index in [4.69, 9.17) is 0 Å². The minimum Gasteiger partial charge on any atom is -0.332 e. The zero-order valence-corrected chi connectivity index (χ0v) is 12.8. The predicted molar refractivity (Wildman–Crippen MR) is 74.2 cm³/mol. The molecule has 1 saturated heterocycles. The normalized spacial score (nSPS) is 17.9. The fraction of sp³-hybridized carbons (Fsp3) is 0.750. The third kappa shape index (κ3) is 2.54. The van der Waals surface area contributed by atoms with E-state index >= 15 is 0 Å². The van der Waals surface area contributed by atoms with Gasteiger partial charge in [0.25, 0.3) is 10.2 Å². The van der Waals surface area contributed by atoms with E-state index in [1.165, 1.54) is 8.61 Å². The van der Waals surface area contributed by atoms with Crippen LogP contribution in [0.5, 0.6) is 0 Å². The maximum atomic E-state index is 11.9. The van der Waals surface area contributed by atoms with Crippen LogP contribution in [-0.4, -0.2) is 53.8 Å². The van der Waals surface area contributed by atoms with Crippen molar-refractivity contribution in [3.63, 3.8) is 0 Å². The first kappa shape index (κ1) is 14.5. The van der Waals surface area contributed by atoms with E-state index in [1.54, 1.807) is 14.1 Å². The molecule has 0 unspecified atom stereocenters. The van der Waals surface area contributed by atoms with Crippen molar-refractivity contribution < 1.29 is 8.42 Å². The van der Waals surface area contributed by atoms with Gasteiger partial charge in [0.05, 0.1) is 0 Å². The molecule has 0 N–H and O–H groups in total. The lowest BCUT2D eigenvalue weighted by atomic mass is 10.0. The topological polar surface area (TPSA) is 58.4 Å². The van der Waals surface area contributed by atoms with Crippen LogP contribution in [0.4, 0.5) is 0 Å². The van der Waals surface area contributed by atoms with Crippen molar-refractivity contribution in [3.05, 3.63) is 17.7 Å². The monoisotopic (exact) mass is 286 g/mol. The van der Waals surface area contributed by atoms with Crippen molar-refractivity contribution in [2.24, 2.45) is 0 Å². The maximum absolute atomic E-state index is 11.9. The number of aromatic nitrogens is 2. The van der Waals surface area contributed by atoms with E-state index < -0.39 is 10.2 Å². The second kappa shape index (κ2) is 5.22. The van der Waals surface area contributed by atoms with Gasteiger partial charge in [0.2, 0.25) is 0 Å². The van der Waals surface area contributed by atoms with E-state index in [-0.39, 0.29) is 5.92 Å². The largest absolute Gasteiger partial charge is 0.332 e. The highest BCUT2D eigenvalue weighted by molar-refractivity contribution is 7.86. The summed E-state index contributed by atoms with van der Waals surface area (Å²) in [7, 11) is -0.149. The maximum Gasteiger partial charge on any atom is 0.281 e. The molecular weight excluding hydrogens is 264 g/mol. The van der Waals surface area contributed by atoms with Crippen molar-refractivity contribution >= 4 is 10.2 Å². The summed E-state index contributed by atoms with van der Waals surface area (Å²) >= 11 is 0. The number of hydrogen-bond donors (Lipinski definition) is 0. The van der Waals surface area contributed by atoms with Crippen molar-refractivity contribution in [1.29, 1.82) is 0 Å². The standard InChI is InChI=1S/C12H22N4O2S/c1-5-6-16-10(2)7-13-12(16)11-8-15(9-11)19(17,18)14(3)4/h7,11H,5-6,8-9H2,1-4H3. The lowest BCUT2D eigenvalue weighted by Crippen LogP contribution is -2.52. The Balaban J connectivity index is 2.09. The zero-order chi connectivity index (χ0) is 14.2. The first-order valence-corrected chi connectivity index (χ1v) is 7.97.